The highest BCUT2D eigenvalue weighted by Crippen LogP contribution is 2.27. The summed E-state index contributed by atoms with van der Waals surface area (Å²) >= 11 is 0. The second-order valence-corrected chi connectivity index (χ2v) is 5.35. The molecule has 1 fully saturated rings. The van der Waals surface area contributed by atoms with E-state index < -0.39 is 5.97 Å². The van der Waals surface area contributed by atoms with Crippen LogP contribution in [0.5, 0.6) is 0 Å². The molecule has 0 bridgehead atoms. The lowest BCUT2D eigenvalue weighted by Crippen LogP contribution is -2.39. The van der Waals surface area contributed by atoms with Gasteiger partial charge in [0.1, 0.15) is 0 Å². The minimum atomic E-state index is -0.822. The zero-order valence-electron chi connectivity index (χ0n) is 11.3. The number of anilines is 1. The number of carbonyl (C=O) groups is 2. The molecular formula is C15H19NO3. The van der Waals surface area contributed by atoms with Gasteiger partial charge in [-0.25, -0.2) is 0 Å². The van der Waals surface area contributed by atoms with Gasteiger partial charge in [-0.1, -0.05) is 6.07 Å². The van der Waals surface area contributed by atoms with Crippen LogP contribution in [0.15, 0.2) is 18.2 Å². The zero-order valence-corrected chi connectivity index (χ0v) is 11.3. The lowest BCUT2D eigenvalue weighted by atomic mass is 9.92. The molecule has 1 heterocycles. The molecule has 1 aliphatic rings. The molecular weight excluding hydrogens is 242 g/mol. The van der Waals surface area contributed by atoms with Crippen molar-refractivity contribution in [3.63, 3.8) is 0 Å². The van der Waals surface area contributed by atoms with Gasteiger partial charge in [-0.05, 0) is 49.4 Å². The maximum absolute atomic E-state index is 12.1. The fourth-order valence-electron chi connectivity index (χ4n) is 2.70. The minimum absolute atomic E-state index is 0.0212. The van der Waals surface area contributed by atoms with Gasteiger partial charge in [-0.2, -0.15) is 0 Å². The van der Waals surface area contributed by atoms with Crippen molar-refractivity contribution in [3.8, 4) is 0 Å². The second-order valence-electron chi connectivity index (χ2n) is 5.35. The molecule has 1 atom stereocenters. The van der Waals surface area contributed by atoms with Gasteiger partial charge in [0.2, 0.25) is 5.91 Å². The summed E-state index contributed by atoms with van der Waals surface area (Å²) in [5, 5.41) is 8.78. The molecule has 1 N–H and O–H groups in total. The monoisotopic (exact) mass is 261 g/mol. The third-order valence-electron chi connectivity index (χ3n) is 3.51. The smallest absolute Gasteiger partial charge is 0.303 e. The quantitative estimate of drug-likeness (QED) is 0.909. The van der Waals surface area contributed by atoms with Crippen LogP contribution in [0.1, 0.15) is 30.4 Å². The van der Waals surface area contributed by atoms with Gasteiger partial charge >= 0.3 is 5.97 Å². The Hall–Kier alpha value is -1.84. The molecule has 19 heavy (non-hydrogen) atoms. The van der Waals surface area contributed by atoms with E-state index in [9.17, 15) is 9.59 Å². The van der Waals surface area contributed by atoms with E-state index in [0.29, 0.717) is 13.0 Å². The summed E-state index contributed by atoms with van der Waals surface area (Å²) in [6.07, 6.45) is 1.18. The second kappa shape index (κ2) is 5.43. The maximum Gasteiger partial charge on any atom is 0.303 e. The molecule has 1 aliphatic heterocycles. The molecule has 1 aromatic rings. The number of benzene rings is 1. The van der Waals surface area contributed by atoms with Crippen molar-refractivity contribution in [1.82, 2.24) is 0 Å². The molecule has 1 saturated heterocycles. The van der Waals surface area contributed by atoms with Gasteiger partial charge in [-0.15, -0.1) is 0 Å². The van der Waals surface area contributed by atoms with Crippen LogP contribution in [0.25, 0.3) is 0 Å². The predicted octanol–water partition coefficient (Wildman–Crippen LogP) is 2.52. The Morgan fingerprint density at radius 2 is 1.95 bits per heavy atom. The molecule has 4 nitrogen and oxygen atoms in total. The molecule has 1 aromatic carbocycles. The lowest BCUT2D eigenvalue weighted by molar-refractivity contribution is -0.138. The summed E-state index contributed by atoms with van der Waals surface area (Å²) in [7, 11) is 0. The predicted molar refractivity (Wildman–Crippen MR) is 73.2 cm³/mol. The molecule has 102 valence electrons. The lowest BCUT2D eigenvalue weighted by Gasteiger charge is -2.31. The van der Waals surface area contributed by atoms with Gasteiger partial charge in [0.25, 0.3) is 0 Å². The molecule has 0 radical (unpaired) electrons. The summed E-state index contributed by atoms with van der Waals surface area (Å²) in [6.45, 7) is 4.63. The Labute approximate surface area is 113 Å². The van der Waals surface area contributed by atoms with Gasteiger partial charge in [0, 0.05) is 25.1 Å². The minimum Gasteiger partial charge on any atom is -0.481 e. The molecule has 4 heteroatoms. The van der Waals surface area contributed by atoms with E-state index in [0.717, 1.165) is 23.2 Å². The molecule has 0 aliphatic carbocycles. The number of aryl methyl sites for hydroxylation is 2. The van der Waals surface area contributed by atoms with Gasteiger partial charge < -0.3 is 10.0 Å². The summed E-state index contributed by atoms with van der Waals surface area (Å²) in [6, 6.07) is 6.08. The maximum atomic E-state index is 12.1. The van der Waals surface area contributed by atoms with E-state index in [1.807, 2.05) is 26.0 Å². The van der Waals surface area contributed by atoms with Crippen LogP contribution in [0.3, 0.4) is 0 Å². The fraction of sp³-hybridized carbons (Fsp3) is 0.467. The number of hydrogen-bond acceptors (Lipinski definition) is 2. The highest BCUT2D eigenvalue weighted by atomic mass is 16.4. The van der Waals surface area contributed by atoms with E-state index in [2.05, 4.69) is 6.07 Å². The first kappa shape index (κ1) is 13.6. The highest BCUT2D eigenvalue weighted by molar-refractivity contribution is 5.94. The first-order valence-corrected chi connectivity index (χ1v) is 6.56. The Morgan fingerprint density at radius 3 is 2.47 bits per heavy atom. The Morgan fingerprint density at radius 1 is 1.32 bits per heavy atom. The number of aliphatic carboxylic acids is 1. The van der Waals surface area contributed by atoms with Crippen LogP contribution in [0.4, 0.5) is 5.69 Å². The summed E-state index contributed by atoms with van der Waals surface area (Å²) in [4.78, 5) is 24.6. The molecule has 1 unspecified atom stereocenters. The molecule has 0 spiro atoms. The SMILES string of the molecule is Cc1cc(C)cc(N2CCC(CC(=O)O)CC2=O)c1. The van der Waals surface area contributed by atoms with E-state index in [4.69, 9.17) is 5.11 Å². The van der Waals surface area contributed by atoms with Crippen molar-refractivity contribution < 1.29 is 14.7 Å². The number of carboxylic acid groups (broad SMARTS) is 1. The number of amides is 1. The van der Waals surface area contributed by atoms with Crippen molar-refractivity contribution in [1.29, 1.82) is 0 Å². The van der Waals surface area contributed by atoms with E-state index >= 15 is 0 Å². The van der Waals surface area contributed by atoms with E-state index in [1.54, 1.807) is 4.90 Å². The normalized spacial score (nSPS) is 19.6. The molecule has 1 amide bonds. The first-order chi connectivity index (χ1) is 8.95. The average molecular weight is 261 g/mol. The van der Waals surface area contributed by atoms with Crippen LogP contribution in [0.2, 0.25) is 0 Å². The van der Waals surface area contributed by atoms with Crippen molar-refractivity contribution in [2.24, 2.45) is 5.92 Å². The largest absolute Gasteiger partial charge is 0.481 e. The third-order valence-corrected chi connectivity index (χ3v) is 3.51. The molecule has 0 saturated carbocycles. The number of piperidine rings is 1. The van der Waals surface area contributed by atoms with Crippen LogP contribution < -0.4 is 4.90 Å². The third kappa shape index (κ3) is 3.34. The van der Waals surface area contributed by atoms with Gasteiger partial charge in [0.15, 0.2) is 0 Å². The number of carbonyl (C=O) groups excluding carboxylic acids is 1. The Kier molecular flexibility index (Phi) is 3.88. The molecule has 0 aromatic heterocycles. The number of rotatable bonds is 3. The topological polar surface area (TPSA) is 57.6 Å². The standard InChI is InChI=1S/C15H19NO3/c1-10-5-11(2)7-13(6-10)16-4-3-12(8-14(16)17)9-15(18)19/h5-7,12H,3-4,8-9H2,1-2H3,(H,18,19). The molecule has 2 rings (SSSR count). The van der Waals surface area contributed by atoms with Crippen molar-refractivity contribution in [2.45, 2.75) is 33.1 Å². The zero-order chi connectivity index (χ0) is 14.0. The average Bonchev–Trinajstić information content (AvgIpc) is 2.26. The van der Waals surface area contributed by atoms with Crippen molar-refractivity contribution in [2.75, 3.05) is 11.4 Å². The van der Waals surface area contributed by atoms with E-state index in [1.165, 1.54) is 0 Å². The summed E-state index contributed by atoms with van der Waals surface area (Å²) in [5.74, 6) is -0.813. The number of carboxylic acids is 1. The van der Waals surface area contributed by atoms with Crippen LogP contribution in [-0.2, 0) is 9.59 Å². The Balaban J connectivity index is 2.11. The van der Waals surface area contributed by atoms with Gasteiger partial charge in [-0.3, -0.25) is 9.59 Å². The Bertz CT molecular complexity index is 490. The van der Waals surface area contributed by atoms with Crippen molar-refractivity contribution in [3.05, 3.63) is 29.3 Å². The van der Waals surface area contributed by atoms with Crippen molar-refractivity contribution >= 4 is 17.6 Å². The van der Waals surface area contributed by atoms with Crippen LogP contribution >= 0.6 is 0 Å². The first-order valence-electron chi connectivity index (χ1n) is 6.56. The fourth-order valence-corrected chi connectivity index (χ4v) is 2.70. The van der Waals surface area contributed by atoms with Crippen LogP contribution in [0, 0.1) is 19.8 Å². The summed E-state index contributed by atoms with van der Waals surface area (Å²) < 4.78 is 0. The number of hydrogen-bond donors (Lipinski definition) is 1. The van der Waals surface area contributed by atoms with Crippen LogP contribution in [-0.4, -0.2) is 23.5 Å². The number of nitrogens with zero attached hydrogens (tertiary/aromatic N) is 1. The highest BCUT2D eigenvalue weighted by Gasteiger charge is 2.28. The van der Waals surface area contributed by atoms with Gasteiger partial charge in [0.05, 0.1) is 0 Å². The summed E-state index contributed by atoms with van der Waals surface area (Å²) in [5.41, 5.74) is 3.20. The van der Waals surface area contributed by atoms with E-state index in [-0.39, 0.29) is 18.2 Å².